The average Bonchev–Trinajstić information content (AvgIpc) is 3.00. The van der Waals surface area contributed by atoms with Gasteiger partial charge in [0.05, 0.1) is 12.7 Å². The molecule has 2 rings (SSSR count). The van der Waals surface area contributed by atoms with Gasteiger partial charge in [0.15, 0.2) is 5.84 Å². The number of rotatable bonds is 6. The van der Waals surface area contributed by atoms with Gasteiger partial charge in [-0.3, -0.25) is 4.79 Å². The summed E-state index contributed by atoms with van der Waals surface area (Å²) in [5.41, 5.74) is 6.94. The van der Waals surface area contributed by atoms with Crippen molar-refractivity contribution in [2.45, 2.75) is 12.8 Å². The first-order chi connectivity index (χ1) is 10.2. The third-order valence-corrected chi connectivity index (χ3v) is 3.00. The zero-order chi connectivity index (χ0) is 15.1. The monoisotopic (exact) mass is 287 g/mol. The van der Waals surface area contributed by atoms with Crippen LogP contribution < -0.4 is 11.1 Å². The number of benzene rings is 1. The molecule has 6 nitrogen and oxygen atoms in total. The predicted molar refractivity (Wildman–Crippen MR) is 78.1 cm³/mol. The van der Waals surface area contributed by atoms with E-state index in [1.165, 1.54) is 0 Å². The number of nitrogens with one attached hydrogen (secondary N) is 1. The molecule has 1 aromatic heterocycles. The van der Waals surface area contributed by atoms with Crippen molar-refractivity contribution in [1.29, 1.82) is 0 Å². The van der Waals surface area contributed by atoms with Crippen molar-refractivity contribution in [2.75, 3.05) is 6.54 Å². The lowest BCUT2D eigenvalue weighted by atomic mass is 10.1. The fourth-order valence-corrected chi connectivity index (χ4v) is 1.88. The second kappa shape index (κ2) is 7.14. The van der Waals surface area contributed by atoms with Crippen molar-refractivity contribution in [2.24, 2.45) is 10.9 Å². The van der Waals surface area contributed by atoms with Gasteiger partial charge in [0.2, 0.25) is 5.91 Å². The van der Waals surface area contributed by atoms with Gasteiger partial charge >= 0.3 is 0 Å². The molecular weight excluding hydrogens is 270 g/mol. The highest BCUT2D eigenvalue weighted by Crippen LogP contribution is 2.05. The van der Waals surface area contributed by atoms with Crippen LogP contribution in [0.4, 0.5) is 0 Å². The molecule has 0 aliphatic heterocycles. The molecule has 1 heterocycles. The molecule has 0 aliphatic carbocycles. The molecule has 110 valence electrons. The highest BCUT2D eigenvalue weighted by Gasteiger charge is 2.05. The molecule has 0 saturated carbocycles. The van der Waals surface area contributed by atoms with Crippen LogP contribution in [0.2, 0.25) is 0 Å². The summed E-state index contributed by atoms with van der Waals surface area (Å²) in [5, 5.41) is 14.3. The predicted octanol–water partition coefficient (Wildman–Crippen LogP) is 1.28. The third kappa shape index (κ3) is 4.38. The smallest absolute Gasteiger partial charge is 0.224 e. The van der Waals surface area contributed by atoms with E-state index in [-0.39, 0.29) is 18.2 Å². The van der Waals surface area contributed by atoms with Gasteiger partial charge in [0.25, 0.3) is 0 Å². The maximum absolute atomic E-state index is 11.8. The quantitative estimate of drug-likeness (QED) is 0.322. The van der Waals surface area contributed by atoms with Gasteiger partial charge in [-0.1, -0.05) is 29.4 Å². The van der Waals surface area contributed by atoms with E-state index >= 15 is 0 Å². The first kappa shape index (κ1) is 14.6. The average molecular weight is 287 g/mol. The molecule has 4 N–H and O–H groups in total. The van der Waals surface area contributed by atoms with Crippen molar-refractivity contribution in [3.63, 3.8) is 0 Å². The summed E-state index contributed by atoms with van der Waals surface area (Å²) in [6.07, 6.45) is 2.57. The number of oxime groups is 1. The maximum Gasteiger partial charge on any atom is 0.224 e. The van der Waals surface area contributed by atoms with E-state index < -0.39 is 0 Å². The van der Waals surface area contributed by atoms with Crippen molar-refractivity contribution >= 4 is 11.7 Å². The largest absolute Gasteiger partial charge is 0.469 e. The number of amides is 1. The Bertz CT molecular complexity index is 604. The molecule has 0 radical (unpaired) electrons. The molecular formula is C15H17N3O3. The summed E-state index contributed by atoms with van der Waals surface area (Å²) >= 11 is 0. The maximum atomic E-state index is 11.8. The number of nitrogens with zero attached hydrogens (tertiary/aromatic N) is 1. The van der Waals surface area contributed by atoms with Gasteiger partial charge in [-0.05, 0) is 17.7 Å². The summed E-state index contributed by atoms with van der Waals surface area (Å²) in [6.45, 7) is 0.536. The van der Waals surface area contributed by atoms with Crippen LogP contribution in [0.5, 0.6) is 0 Å². The van der Waals surface area contributed by atoms with Gasteiger partial charge in [-0.25, -0.2) is 0 Å². The summed E-state index contributed by atoms with van der Waals surface area (Å²) in [5.74, 6) is 0.834. The SMILES string of the molecule is NC(=NO)c1ccc(CC(=O)NCCc2ccco2)cc1. The molecule has 0 spiro atoms. The highest BCUT2D eigenvalue weighted by atomic mass is 16.4. The molecule has 0 atom stereocenters. The Kier molecular flexibility index (Phi) is 4.98. The molecule has 0 unspecified atom stereocenters. The first-order valence-corrected chi connectivity index (χ1v) is 6.55. The number of amidine groups is 1. The summed E-state index contributed by atoms with van der Waals surface area (Å²) in [6, 6.07) is 10.7. The molecule has 0 aliphatic rings. The Hall–Kier alpha value is -2.76. The van der Waals surface area contributed by atoms with Gasteiger partial charge in [-0.2, -0.15) is 0 Å². The number of nitrogens with two attached hydrogens (primary N) is 1. The van der Waals surface area contributed by atoms with Gasteiger partial charge in [0.1, 0.15) is 5.76 Å². The van der Waals surface area contributed by atoms with Crippen LogP contribution in [0.1, 0.15) is 16.9 Å². The number of hydrogen-bond donors (Lipinski definition) is 3. The molecule has 0 saturated heterocycles. The van der Waals surface area contributed by atoms with E-state index in [1.807, 2.05) is 12.1 Å². The van der Waals surface area contributed by atoms with E-state index in [1.54, 1.807) is 30.5 Å². The normalized spacial score (nSPS) is 11.3. The molecule has 2 aromatic rings. The van der Waals surface area contributed by atoms with Crippen LogP contribution in [0.25, 0.3) is 0 Å². The van der Waals surface area contributed by atoms with Crippen LogP contribution in [-0.4, -0.2) is 23.5 Å². The third-order valence-electron chi connectivity index (χ3n) is 3.00. The highest BCUT2D eigenvalue weighted by molar-refractivity contribution is 5.97. The molecule has 6 heteroatoms. The number of carbonyl (C=O) groups excluding carboxylic acids is 1. The Morgan fingerprint density at radius 3 is 2.67 bits per heavy atom. The fraction of sp³-hybridized carbons (Fsp3) is 0.200. The van der Waals surface area contributed by atoms with Crippen LogP contribution in [0.3, 0.4) is 0 Å². The summed E-state index contributed by atoms with van der Waals surface area (Å²) in [7, 11) is 0. The molecule has 1 aromatic carbocycles. The first-order valence-electron chi connectivity index (χ1n) is 6.55. The van der Waals surface area contributed by atoms with Crippen molar-refractivity contribution < 1.29 is 14.4 Å². The Labute approximate surface area is 122 Å². The van der Waals surface area contributed by atoms with E-state index in [4.69, 9.17) is 15.4 Å². The minimum Gasteiger partial charge on any atom is -0.469 e. The van der Waals surface area contributed by atoms with E-state index in [9.17, 15) is 4.79 Å². The van der Waals surface area contributed by atoms with Gasteiger partial charge in [0, 0.05) is 18.5 Å². The Morgan fingerprint density at radius 1 is 1.29 bits per heavy atom. The lowest BCUT2D eigenvalue weighted by Gasteiger charge is -2.05. The van der Waals surface area contributed by atoms with Crippen LogP contribution >= 0.6 is 0 Å². The topological polar surface area (TPSA) is 101 Å². The van der Waals surface area contributed by atoms with Crippen LogP contribution in [-0.2, 0) is 17.6 Å². The summed E-state index contributed by atoms with van der Waals surface area (Å²) in [4.78, 5) is 11.8. The summed E-state index contributed by atoms with van der Waals surface area (Å²) < 4.78 is 5.19. The minimum atomic E-state index is -0.0573. The van der Waals surface area contributed by atoms with E-state index in [0.717, 1.165) is 11.3 Å². The second-order valence-corrected chi connectivity index (χ2v) is 4.54. The Balaban J connectivity index is 1.79. The van der Waals surface area contributed by atoms with Gasteiger partial charge in [-0.15, -0.1) is 0 Å². The van der Waals surface area contributed by atoms with Crippen LogP contribution in [0.15, 0.2) is 52.2 Å². The lowest BCUT2D eigenvalue weighted by Crippen LogP contribution is -2.27. The molecule has 0 fully saturated rings. The molecule has 1 amide bonds. The van der Waals surface area contributed by atoms with E-state index in [0.29, 0.717) is 18.5 Å². The minimum absolute atomic E-state index is 0.0458. The van der Waals surface area contributed by atoms with E-state index in [2.05, 4.69) is 10.5 Å². The molecule has 21 heavy (non-hydrogen) atoms. The van der Waals surface area contributed by atoms with Crippen molar-refractivity contribution in [3.05, 3.63) is 59.5 Å². The second-order valence-electron chi connectivity index (χ2n) is 4.54. The zero-order valence-electron chi connectivity index (χ0n) is 11.5. The number of carbonyl (C=O) groups is 1. The van der Waals surface area contributed by atoms with Crippen molar-refractivity contribution in [1.82, 2.24) is 5.32 Å². The van der Waals surface area contributed by atoms with Crippen molar-refractivity contribution in [3.8, 4) is 0 Å². The molecule has 0 bridgehead atoms. The lowest BCUT2D eigenvalue weighted by molar-refractivity contribution is -0.120. The standard InChI is InChI=1S/C15H17N3O3/c16-15(18-20)12-5-3-11(4-6-12)10-14(19)17-8-7-13-2-1-9-21-13/h1-6,9,20H,7-8,10H2,(H2,16,18)(H,17,19). The fourth-order valence-electron chi connectivity index (χ4n) is 1.88. The van der Waals surface area contributed by atoms with Gasteiger partial charge < -0.3 is 20.7 Å². The Morgan fingerprint density at radius 2 is 2.05 bits per heavy atom. The zero-order valence-corrected chi connectivity index (χ0v) is 11.5. The number of furan rings is 1. The number of hydrogen-bond acceptors (Lipinski definition) is 4. The van der Waals surface area contributed by atoms with Crippen LogP contribution in [0, 0.1) is 0 Å².